The number of carbonyl (C=O) groups excluding carboxylic acids is 3. The highest BCUT2D eigenvalue weighted by Crippen LogP contribution is 2.33. The number of imide groups is 1. The Balaban J connectivity index is 0.847. The molecule has 3 aromatic carbocycles. The van der Waals surface area contributed by atoms with E-state index >= 15 is 0 Å². The monoisotopic (exact) mass is 702 g/mol. The summed E-state index contributed by atoms with van der Waals surface area (Å²) >= 11 is 0. The second-order valence-electron chi connectivity index (χ2n) is 12.7. The molecule has 0 saturated carbocycles. The maximum Gasteiger partial charge on any atom is 0.264 e. The number of nitrogens with one attached hydrogen (secondary N) is 1. The van der Waals surface area contributed by atoms with Crippen LogP contribution in [0.15, 0.2) is 73.1 Å². The Morgan fingerprint density at radius 2 is 1.73 bits per heavy atom. The number of piperazine rings is 1. The molecule has 1 unspecified atom stereocenters. The van der Waals surface area contributed by atoms with Crippen molar-refractivity contribution in [1.82, 2.24) is 35.2 Å². The largest absolute Gasteiger partial charge is 0.457 e. The molecule has 8 rings (SSSR count). The number of anilines is 2. The van der Waals surface area contributed by atoms with Crippen molar-refractivity contribution in [3.63, 3.8) is 0 Å². The third-order valence-electron chi connectivity index (χ3n) is 9.46. The van der Waals surface area contributed by atoms with Gasteiger partial charge in [-0.1, -0.05) is 23.8 Å². The summed E-state index contributed by atoms with van der Waals surface area (Å²) in [5.74, 6) is 1.05. The topological polar surface area (TPSA) is 170 Å². The lowest BCUT2D eigenvalue weighted by molar-refractivity contribution is -0.259. The number of aromatic nitrogens is 4. The number of nitrogens with two attached hydrogens (primary N) is 1. The lowest BCUT2D eigenvalue weighted by atomic mass is 10.1. The Morgan fingerprint density at radius 3 is 2.50 bits per heavy atom. The second kappa shape index (κ2) is 14.4. The molecule has 15 nitrogen and oxygen atoms in total. The number of amides is 3. The Labute approximate surface area is 298 Å². The number of hydrogen-bond donors (Lipinski definition) is 2. The number of para-hydroxylation sites is 1. The van der Waals surface area contributed by atoms with Crippen molar-refractivity contribution in [3.05, 3.63) is 90.3 Å². The van der Waals surface area contributed by atoms with Gasteiger partial charge in [0.15, 0.2) is 11.9 Å². The van der Waals surface area contributed by atoms with Gasteiger partial charge in [0.1, 0.15) is 29.3 Å². The Morgan fingerprint density at radius 1 is 0.942 bits per heavy atom. The lowest BCUT2D eigenvalue weighted by Crippen LogP contribution is -2.48. The number of ether oxygens (including phenoxy) is 1. The number of benzene rings is 3. The molecule has 1 radical (unpaired) electrons. The van der Waals surface area contributed by atoms with Crippen molar-refractivity contribution in [3.8, 4) is 22.8 Å². The molecule has 15 heteroatoms. The molecular formula is C37H36N9O6. The van der Waals surface area contributed by atoms with Gasteiger partial charge >= 0.3 is 0 Å². The molecule has 2 saturated heterocycles. The second-order valence-corrected chi connectivity index (χ2v) is 12.7. The van der Waals surface area contributed by atoms with Crippen LogP contribution < -0.4 is 21.0 Å². The fraction of sp³-hybridized carbons (Fsp3) is 0.297. The van der Waals surface area contributed by atoms with Crippen molar-refractivity contribution >= 4 is 40.3 Å². The number of nitrogens with zero attached hydrogens (tertiary/aromatic N) is 7. The molecule has 3 aliphatic rings. The maximum absolute atomic E-state index is 13.2. The number of hydrogen-bond acceptors (Lipinski definition) is 12. The fourth-order valence-corrected chi connectivity index (χ4v) is 6.74. The number of fused-ring (bicyclic) bond motifs is 2. The number of nitrogen functional groups attached to an aromatic ring is 1. The van der Waals surface area contributed by atoms with Gasteiger partial charge in [-0.05, 0) is 61.4 Å². The van der Waals surface area contributed by atoms with Crippen LogP contribution in [-0.4, -0.2) is 86.3 Å². The van der Waals surface area contributed by atoms with E-state index in [9.17, 15) is 14.4 Å². The van der Waals surface area contributed by atoms with Crippen LogP contribution >= 0.6 is 0 Å². The molecule has 3 amide bonds. The molecule has 2 fully saturated rings. The predicted octanol–water partition coefficient (Wildman–Crippen LogP) is 3.97. The average molecular weight is 703 g/mol. The van der Waals surface area contributed by atoms with Crippen LogP contribution in [-0.2, 0) is 21.0 Å². The molecule has 265 valence electrons. The summed E-state index contributed by atoms with van der Waals surface area (Å²) in [6.45, 7) is 3.13. The minimum Gasteiger partial charge on any atom is -0.457 e. The molecule has 3 aliphatic heterocycles. The molecule has 5 aromatic rings. The van der Waals surface area contributed by atoms with Crippen molar-refractivity contribution in [2.75, 3.05) is 43.4 Å². The molecule has 0 spiro atoms. The fourth-order valence-electron chi connectivity index (χ4n) is 6.74. The maximum atomic E-state index is 13.2. The van der Waals surface area contributed by atoms with Gasteiger partial charge in [0.05, 0.1) is 23.1 Å². The smallest absolute Gasteiger partial charge is 0.264 e. The van der Waals surface area contributed by atoms with E-state index in [0.29, 0.717) is 98.1 Å². The molecule has 2 aromatic heterocycles. The first-order valence-electron chi connectivity index (χ1n) is 17.2. The molecule has 3 N–H and O–H groups in total. The first-order chi connectivity index (χ1) is 25.4. The summed E-state index contributed by atoms with van der Waals surface area (Å²) in [6, 6.07) is 23.9. The quantitative estimate of drug-likeness (QED) is 0.159. The predicted molar refractivity (Wildman–Crippen MR) is 189 cm³/mol. The van der Waals surface area contributed by atoms with Crippen molar-refractivity contribution in [2.45, 2.75) is 38.5 Å². The van der Waals surface area contributed by atoms with Crippen LogP contribution in [0.2, 0.25) is 0 Å². The van der Waals surface area contributed by atoms with Gasteiger partial charge in [-0.25, -0.2) is 19.5 Å². The van der Waals surface area contributed by atoms with Crippen molar-refractivity contribution < 1.29 is 28.8 Å². The third kappa shape index (κ3) is 6.52. The van der Waals surface area contributed by atoms with Gasteiger partial charge in [0.25, 0.3) is 11.8 Å². The van der Waals surface area contributed by atoms with Gasteiger partial charge < -0.3 is 20.3 Å². The van der Waals surface area contributed by atoms with E-state index in [1.807, 2.05) is 64.2 Å². The summed E-state index contributed by atoms with van der Waals surface area (Å²) in [7, 11) is 0. The number of aryl methyl sites for hydroxylation is 1. The summed E-state index contributed by atoms with van der Waals surface area (Å²) < 4.78 is 7.77. The summed E-state index contributed by atoms with van der Waals surface area (Å²) in [4.78, 5) is 63.2. The Kier molecular flexibility index (Phi) is 9.20. The van der Waals surface area contributed by atoms with Crippen LogP contribution in [0, 0.1) is 6.07 Å². The average Bonchev–Trinajstić information content (AvgIpc) is 3.68. The lowest BCUT2D eigenvalue weighted by Gasteiger charge is -2.36. The van der Waals surface area contributed by atoms with Gasteiger partial charge in [0, 0.05) is 62.9 Å². The minimum absolute atomic E-state index is 0.0921. The Bertz CT molecular complexity index is 2110. The van der Waals surface area contributed by atoms with Gasteiger partial charge in [-0.15, -0.1) is 0 Å². The van der Waals surface area contributed by atoms with Crippen LogP contribution in [0.1, 0.15) is 46.4 Å². The molecule has 52 heavy (non-hydrogen) atoms. The SMILES string of the molecule is Nc1ncnc2c1c(-c1ccc(Oc3ccccc3)cc1)nn2CCCCC(=O)N1CCN(c2[c]c3c(cc2)C(=O)N(C2CCONO2)C3=O)CC1. The van der Waals surface area contributed by atoms with Crippen molar-refractivity contribution in [2.24, 2.45) is 0 Å². The summed E-state index contributed by atoms with van der Waals surface area (Å²) in [6.07, 6.45) is 2.87. The van der Waals surface area contributed by atoms with E-state index in [1.165, 1.54) is 6.33 Å². The zero-order valence-electron chi connectivity index (χ0n) is 28.2. The standard InChI is InChI=1S/C37H36N9O6/c38-34-32-33(24-9-12-27(13-10-24)51-26-6-2-1-3-7-26)41-45(35(32)40-23-39-34)16-5-4-8-30(47)44-19-17-43(18-20-44)25-11-14-28-29(22-25)37(49)46(36(28)48)31-15-21-50-42-52-31/h1-3,6-7,9-14,23,31,42H,4-5,8,15-21H2,(H2,38,39,40). The van der Waals surface area contributed by atoms with E-state index in [2.05, 4.69) is 26.6 Å². The zero-order chi connectivity index (χ0) is 35.6. The molecule has 1 atom stereocenters. The molecule has 5 heterocycles. The van der Waals surface area contributed by atoms with Gasteiger partial charge in [-0.3, -0.25) is 24.1 Å². The highest BCUT2D eigenvalue weighted by atomic mass is 16.9. The van der Waals surface area contributed by atoms with Crippen LogP contribution in [0.3, 0.4) is 0 Å². The number of carbonyl (C=O) groups is 3. The third-order valence-corrected chi connectivity index (χ3v) is 9.46. The highest BCUT2D eigenvalue weighted by Gasteiger charge is 2.42. The zero-order valence-corrected chi connectivity index (χ0v) is 28.2. The van der Waals surface area contributed by atoms with Crippen LogP contribution in [0.25, 0.3) is 22.3 Å². The van der Waals surface area contributed by atoms with Crippen LogP contribution in [0.5, 0.6) is 11.5 Å². The minimum atomic E-state index is -0.749. The number of rotatable bonds is 10. The van der Waals surface area contributed by atoms with E-state index in [4.69, 9.17) is 25.2 Å². The van der Waals surface area contributed by atoms with Gasteiger partial charge in [-0.2, -0.15) is 5.10 Å². The molecule has 0 bridgehead atoms. The van der Waals surface area contributed by atoms with E-state index in [0.717, 1.165) is 22.6 Å². The highest BCUT2D eigenvalue weighted by molar-refractivity contribution is 6.21. The normalized spacial score (nSPS) is 17.5. The van der Waals surface area contributed by atoms with E-state index < -0.39 is 18.0 Å². The summed E-state index contributed by atoms with van der Waals surface area (Å²) in [5.41, 5.74) is 12.0. The molecule has 0 aliphatic carbocycles. The first kappa shape index (κ1) is 33.3. The van der Waals surface area contributed by atoms with Gasteiger partial charge in [0.2, 0.25) is 5.91 Å². The number of unbranched alkanes of at least 4 members (excludes halogenated alkanes) is 1. The summed E-state index contributed by atoms with van der Waals surface area (Å²) in [5, 5.41) is 5.56. The van der Waals surface area contributed by atoms with E-state index in [1.54, 1.807) is 12.1 Å². The van der Waals surface area contributed by atoms with Crippen LogP contribution in [0.4, 0.5) is 11.5 Å². The van der Waals surface area contributed by atoms with Crippen molar-refractivity contribution in [1.29, 1.82) is 0 Å². The first-order valence-corrected chi connectivity index (χ1v) is 17.2. The Hall–Kier alpha value is -5.90. The van der Waals surface area contributed by atoms with E-state index in [-0.39, 0.29) is 11.5 Å². The molecular weight excluding hydrogens is 666 g/mol.